The maximum Gasteiger partial charge on any atom is 0.293 e. The highest BCUT2D eigenvalue weighted by molar-refractivity contribution is 5.96. The highest BCUT2D eigenvalue weighted by atomic mass is 16.6. The molecule has 4 rings (SSSR count). The summed E-state index contributed by atoms with van der Waals surface area (Å²) in [5.74, 6) is 0.885. The summed E-state index contributed by atoms with van der Waals surface area (Å²) in [4.78, 5) is 33.5. The van der Waals surface area contributed by atoms with Crippen molar-refractivity contribution in [1.82, 2.24) is 4.90 Å². The molecule has 1 aromatic carbocycles. The van der Waals surface area contributed by atoms with Crippen LogP contribution < -0.4 is 14.8 Å². The lowest BCUT2D eigenvalue weighted by molar-refractivity contribution is -0.384. The van der Waals surface area contributed by atoms with Crippen molar-refractivity contribution < 1.29 is 14.7 Å². The van der Waals surface area contributed by atoms with E-state index < -0.39 is 0 Å². The number of pyridine rings is 1. The summed E-state index contributed by atoms with van der Waals surface area (Å²) in [7, 11) is 0. The Morgan fingerprint density at radius 2 is 1.69 bits per heavy atom. The van der Waals surface area contributed by atoms with Crippen LogP contribution in [0.2, 0.25) is 0 Å². The Morgan fingerprint density at radius 3 is 2.34 bits per heavy atom. The van der Waals surface area contributed by atoms with Crippen LogP contribution in [0.5, 0.6) is 0 Å². The van der Waals surface area contributed by atoms with Crippen molar-refractivity contribution in [2.75, 3.05) is 49.1 Å². The van der Waals surface area contributed by atoms with Crippen LogP contribution in [-0.4, -0.2) is 55.0 Å². The third kappa shape index (κ3) is 4.16. The van der Waals surface area contributed by atoms with Crippen molar-refractivity contribution in [1.29, 1.82) is 0 Å². The van der Waals surface area contributed by atoms with Gasteiger partial charge in [0.25, 0.3) is 17.4 Å². The summed E-state index contributed by atoms with van der Waals surface area (Å²) in [6.07, 6.45) is 5.13. The van der Waals surface area contributed by atoms with Gasteiger partial charge < -0.3 is 9.80 Å². The lowest BCUT2D eigenvalue weighted by Crippen LogP contribution is -2.50. The molecule has 3 heterocycles. The van der Waals surface area contributed by atoms with E-state index in [4.69, 9.17) is 0 Å². The molecule has 2 saturated heterocycles. The molecule has 1 N–H and O–H groups in total. The molecule has 2 aliphatic heterocycles. The fourth-order valence-electron chi connectivity index (χ4n) is 4.12. The van der Waals surface area contributed by atoms with Crippen molar-refractivity contribution in [3.8, 4) is 0 Å². The Kier molecular flexibility index (Phi) is 5.59. The van der Waals surface area contributed by atoms with Crippen LogP contribution in [0.1, 0.15) is 29.6 Å². The van der Waals surface area contributed by atoms with Gasteiger partial charge in [-0.25, -0.2) is 4.98 Å². The number of nitrogens with zero attached hydrogens (tertiary/aromatic N) is 4. The number of aromatic amines is 1. The molecule has 1 aromatic heterocycles. The minimum absolute atomic E-state index is 0.0234. The molecule has 0 unspecified atom stereocenters. The molecule has 2 aliphatic rings. The van der Waals surface area contributed by atoms with E-state index in [1.54, 1.807) is 17.0 Å². The SMILES string of the molecule is O=C(c1ccc(N2CCCCC2)c([N+](=O)[O-])c1)N1CCN(c2cccc[nH+]2)CC1. The molecule has 0 atom stereocenters. The lowest BCUT2D eigenvalue weighted by Gasteiger charge is -2.31. The number of piperidine rings is 1. The number of rotatable bonds is 4. The van der Waals surface area contributed by atoms with Gasteiger partial charge in [0.15, 0.2) is 0 Å². The Bertz CT molecular complexity index is 875. The summed E-state index contributed by atoms with van der Waals surface area (Å²) < 4.78 is 0. The molecule has 29 heavy (non-hydrogen) atoms. The van der Waals surface area contributed by atoms with Crippen LogP contribution in [0.15, 0.2) is 42.6 Å². The molecule has 2 fully saturated rings. The average Bonchev–Trinajstić information content (AvgIpc) is 2.79. The Balaban J connectivity index is 1.47. The molecule has 0 saturated carbocycles. The van der Waals surface area contributed by atoms with Crippen molar-refractivity contribution in [2.24, 2.45) is 0 Å². The smallest absolute Gasteiger partial charge is 0.293 e. The van der Waals surface area contributed by atoms with Crippen molar-refractivity contribution in [3.05, 3.63) is 58.3 Å². The predicted molar refractivity (Wildman–Crippen MR) is 110 cm³/mol. The Hall–Kier alpha value is -3.16. The lowest BCUT2D eigenvalue weighted by atomic mass is 10.1. The number of hydrogen-bond acceptors (Lipinski definition) is 5. The van der Waals surface area contributed by atoms with Gasteiger partial charge in [-0.15, -0.1) is 0 Å². The predicted octanol–water partition coefficient (Wildman–Crippen LogP) is 2.36. The fraction of sp³-hybridized carbons (Fsp3) is 0.429. The molecule has 1 amide bonds. The Labute approximate surface area is 169 Å². The van der Waals surface area contributed by atoms with Gasteiger partial charge in [-0.05, 0) is 37.5 Å². The number of benzene rings is 1. The van der Waals surface area contributed by atoms with Gasteiger partial charge in [0.05, 0.1) is 24.2 Å². The number of anilines is 2. The zero-order chi connectivity index (χ0) is 20.2. The number of carbonyl (C=O) groups is 1. The van der Waals surface area contributed by atoms with E-state index in [1.807, 2.05) is 24.4 Å². The summed E-state index contributed by atoms with van der Waals surface area (Å²) in [6.45, 7) is 4.27. The molecule has 8 nitrogen and oxygen atoms in total. The topological polar surface area (TPSA) is 84.1 Å². The second-order valence-corrected chi connectivity index (χ2v) is 7.54. The molecule has 0 radical (unpaired) electrons. The average molecular weight is 396 g/mol. The first kappa shape index (κ1) is 19.2. The van der Waals surface area contributed by atoms with E-state index in [2.05, 4.69) is 14.8 Å². The molecular weight excluding hydrogens is 370 g/mol. The van der Waals surface area contributed by atoms with Gasteiger partial charge in [0.1, 0.15) is 18.8 Å². The minimum Gasteiger partial charge on any atom is -0.366 e. The van der Waals surface area contributed by atoms with Crippen LogP contribution >= 0.6 is 0 Å². The number of nitrogens with one attached hydrogen (secondary N) is 1. The number of hydrogen-bond donors (Lipinski definition) is 0. The van der Waals surface area contributed by atoms with Crippen molar-refractivity contribution in [3.63, 3.8) is 0 Å². The van der Waals surface area contributed by atoms with Gasteiger partial charge in [-0.3, -0.25) is 19.8 Å². The summed E-state index contributed by atoms with van der Waals surface area (Å²) in [5.41, 5.74) is 1.03. The summed E-state index contributed by atoms with van der Waals surface area (Å²) in [6, 6.07) is 10.8. The third-order valence-corrected chi connectivity index (χ3v) is 5.72. The van der Waals surface area contributed by atoms with Crippen LogP contribution in [0, 0.1) is 10.1 Å². The standard InChI is InChI=1S/C21H25N5O3/c27-21(25-14-12-24(13-15-25)20-6-2-3-9-22-20)17-7-8-18(19(16-17)26(28)29)23-10-4-1-5-11-23/h2-3,6-9,16H,1,4-5,10-15H2/p+1. The highest BCUT2D eigenvalue weighted by Crippen LogP contribution is 2.31. The van der Waals surface area contributed by atoms with Crippen LogP contribution in [0.3, 0.4) is 0 Å². The molecule has 0 aliphatic carbocycles. The highest BCUT2D eigenvalue weighted by Gasteiger charge is 2.29. The first-order valence-electron chi connectivity index (χ1n) is 10.2. The number of H-pyrrole nitrogens is 1. The number of carbonyl (C=O) groups excluding carboxylic acids is 1. The first-order chi connectivity index (χ1) is 14.1. The van der Waals surface area contributed by atoms with E-state index >= 15 is 0 Å². The summed E-state index contributed by atoms with van der Waals surface area (Å²) in [5, 5.41) is 11.7. The van der Waals surface area contributed by atoms with E-state index in [9.17, 15) is 14.9 Å². The normalized spacial score (nSPS) is 17.3. The van der Waals surface area contributed by atoms with Gasteiger partial charge in [-0.1, -0.05) is 6.07 Å². The van der Waals surface area contributed by atoms with E-state index in [1.165, 1.54) is 6.07 Å². The van der Waals surface area contributed by atoms with Crippen LogP contribution in [-0.2, 0) is 0 Å². The molecular formula is C21H26N5O3+. The maximum absolute atomic E-state index is 13.0. The Morgan fingerprint density at radius 1 is 0.931 bits per heavy atom. The summed E-state index contributed by atoms with van der Waals surface area (Å²) >= 11 is 0. The van der Waals surface area contributed by atoms with Gasteiger partial charge in [0, 0.05) is 30.8 Å². The van der Waals surface area contributed by atoms with E-state index in [0.29, 0.717) is 24.3 Å². The zero-order valence-corrected chi connectivity index (χ0v) is 16.4. The fourth-order valence-corrected chi connectivity index (χ4v) is 4.12. The second kappa shape index (κ2) is 8.46. The third-order valence-electron chi connectivity index (χ3n) is 5.72. The number of nitro benzene ring substituents is 1. The molecule has 152 valence electrons. The van der Waals surface area contributed by atoms with Crippen molar-refractivity contribution >= 4 is 23.1 Å². The quantitative estimate of drug-likeness (QED) is 0.585. The minimum atomic E-state index is -0.371. The number of amides is 1. The molecule has 2 aromatic rings. The van der Waals surface area contributed by atoms with E-state index in [0.717, 1.165) is 51.3 Å². The maximum atomic E-state index is 13.0. The van der Waals surface area contributed by atoms with Gasteiger partial charge in [-0.2, -0.15) is 0 Å². The monoisotopic (exact) mass is 396 g/mol. The van der Waals surface area contributed by atoms with Gasteiger partial charge >= 0.3 is 0 Å². The van der Waals surface area contributed by atoms with Crippen LogP contribution in [0.25, 0.3) is 0 Å². The second-order valence-electron chi connectivity index (χ2n) is 7.54. The van der Waals surface area contributed by atoms with Crippen molar-refractivity contribution in [2.45, 2.75) is 19.3 Å². The van der Waals surface area contributed by atoms with Gasteiger partial charge in [0.2, 0.25) is 0 Å². The van der Waals surface area contributed by atoms with Crippen LogP contribution in [0.4, 0.5) is 17.2 Å². The first-order valence-corrected chi connectivity index (χ1v) is 10.2. The number of aromatic nitrogens is 1. The zero-order valence-electron chi connectivity index (χ0n) is 16.4. The van der Waals surface area contributed by atoms with E-state index in [-0.39, 0.29) is 16.5 Å². The number of nitro groups is 1. The molecule has 0 bridgehead atoms. The number of piperazine rings is 1. The largest absolute Gasteiger partial charge is 0.366 e. The molecule has 0 spiro atoms. The molecule has 8 heteroatoms.